The fraction of sp³-hybridized carbons (Fsp3) is 0. The van der Waals surface area contributed by atoms with Crippen molar-refractivity contribution in [3.63, 3.8) is 0 Å². The minimum atomic E-state index is -3.04. The molecule has 0 fully saturated rings. The Labute approximate surface area is 330 Å². The van der Waals surface area contributed by atoms with Gasteiger partial charge >= 0.3 is 0 Å². The molecular weight excluding hydrogens is 713 g/mol. The van der Waals surface area contributed by atoms with Crippen LogP contribution >= 0.6 is 0 Å². The van der Waals surface area contributed by atoms with Crippen LogP contribution in [0.4, 0.5) is 0 Å². The number of para-hydroxylation sites is 2. The maximum absolute atomic E-state index is 6.56. The first-order valence-corrected chi connectivity index (χ1v) is 21.2. The standard InChI is InChI=1S/C51H34N4OSi/c1-5-18-35(19-6-1)49-52-50(36-20-7-2-8-21-36)54-51(53-49)55-43-28-15-13-26-40(43)42-34-39(32-33-44(42)55)57(37-22-9-3-10-23-37,38-24-11-4-12-25-38)47-31-17-30-46-48(47)41-27-14-16-29-45(41)56-46/h1-34H. The number of aromatic nitrogens is 4. The average Bonchev–Trinajstić information content (AvgIpc) is 3.84. The molecule has 57 heavy (non-hydrogen) atoms. The highest BCUT2D eigenvalue weighted by atomic mass is 28.3. The van der Waals surface area contributed by atoms with Crippen molar-refractivity contribution in [1.29, 1.82) is 0 Å². The van der Waals surface area contributed by atoms with Gasteiger partial charge < -0.3 is 4.42 Å². The Morgan fingerprint density at radius 1 is 0.386 bits per heavy atom. The molecule has 8 aromatic carbocycles. The van der Waals surface area contributed by atoms with Gasteiger partial charge in [-0.1, -0.05) is 182 Å². The summed E-state index contributed by atoms with van der Waals surface area (Å²) in [7, 11) is -3.04. The Bertz CT molecular complexity index is 3140. The summed E-state index contributed by atoms with van der Waals surface area (Å²) in [4.78, 5) is 15.4. The Kier molecular flexibility index (Phi) is 7.76. The fourth-order valence-electron chi connectivity index (χ4n) is 8.75. The summed E-state index contributed by atoms with van der Waals surface area (Å²) >= 11 is 0. The predicted molar refractivity (Wildman–Crippen MR) is 236 cm³/mol. The van der Waals surface area contributed by atoms with E-state index in [-0.39, 0.29) is 0 Å². The molecule has 0 amide bonds. The molecule has 0 unspecified atom stereocenters. The Balaban J connectivity index is 1.23. The predicted octanol–water partition coefficient (Wildman–Crippen LogP) is 9.58. The SMILES string of the molecule is c1ccc(-c2nc(-c3ccccc3)nc(-n3c4ccccc4c4cc([Si](c5ccccc5)(c5ccccc5)c5cccc6oc7ccccc7c56)ccc43)n2)cc1. The van der Waals surface area contributed by atoms with Crippen LogP contribution in [-0.2, 0) is 0 Å². The zero-order valence-electron chi connectivity index (χ0n) is 30.8. The maximum Gasteiger partial charge on any atom is 0.238 e. The molecule has 11 rings (SSSR count). The Morgan fingerprint density at radius 3 is 1.56 bits per heavy atom. The molecule has 3 aromatic heterocycles. The van der Waals surface area contributed by atoms with Gasteiger partial charge in [-0.3, -0.25) is 4.57 Å². The number of hydrogen-bond donors (Lipinski definition) is 0. The first-order chi connectivity index (χ1) is 28.3. The second-order valence-electron chi connectivity index (χ2n) is 14.4. The van der Waals surface area contributed by atoms with Crippen molar-refractivity contribution < 1.29 is 4.42 Å². The zero-order valence-corrected chi connectivity index (χ0v) is 31.8. The van der Waals surface area contributed by atoms with Crippen LogP contribution in [0.3, 0.4) is 0 Å². The summed E-state index contributed by atoms with van der Waals surface area (Å²) in [6, 6.07) is 73.2. The van der Waals surface area contributed by atoms with Crippen LogP contribution in [0.2, 0.25) is 0 Å². The Hall–Kier alpha value is -7.41. The van der Waals surface area contributed by atoms with Gasteiger partial charge in [-0.05, 0) is 45.0 Å². The average molecular weight is 747 g/mol. The normalized spacial score (nSPS) is 11.9. The third kappa shape index (κ3) is 5.26. The van der Waals surface area contributed by atoms with Crippen molar-refractivity contribution in [2.24, 2.45) is 0 Å². The topological polar surface area (TPSA) is 56.7 Å². The summed E-state index contributed by atoms with van der Waals surface area (Å²) in [6.07, 6.45) is 0. The third-order valence-electron chi connectivity index (χ3n) is 11.2. The lowest BCUT2D eigenvalue weighted by molar-refractivity contribution is 0.669. The van der Waals surface area contributed by atoms with Crippen LogP contribution < -0.4 is 20.7 Å². The molecule has 0 saturated carbocycles. The van der Waals surface area contributed by atoms with Gasteiger partial charge in [0.25, 0.3) is 0 Å². The molecule has 0 aliphatic carbocycles. The van der Waals surface area contributed by atoms with Crippen molar-refractivity contribution >= 4 is 72.6 Å². The molecule has 0 radical (unpaired) electrons. The van der Waals surface area contributed by atoms with Crippen molar-refractivity contribution in [3.8, 4) is 28.7 Å². The molecule has 0 aliphatic heterocycles. The van der Waals surface area contributed by atoms with Gasteiger partial charge in [0.2, 0.25) is 5.95 Å². The number of rotatable bonds is 7. The van der Waals surface area contributed by atoms with E-state index in [0.29, 0.717) is 17.6 Å². The maximum atomic E-state index is 6.56. The van der Waals surface area contributed by atoms with E-state index < -0.39 is 8.07 Å². The van der Waals surface area contributed by atoms with Gasteiger partial charge in [-0.25, -0.2) is 4.98 Å². The lowest BCUT2D eigenvalue weighted by atomic mass is 10.1. The molecule has 0 bridgehead atoms. The van der Waals surface area contributed by atoms with Crippen molar-refractivity contribution in [2.75, 3.05) is 0 Å². The van der Waals surface area contributed by atoms with Gasteiger partial charge in [0.05, 0.1) is 11.0 Å². The van der Waals surface area contributed by atoms with E-state index in [9.17, 15) is 0 Å². The van der Waals surface area contributed by atoms with E-state index in [2.05, 4.69) is 144 Å². The molecule has 5 nitrogen and oxygen atoms in total. The van der Waals surface area contributed by atoms with Gasteiger partial charge in [-0.2, -0.15) is 9.97 Å². The first-order valence-electron chi connectivity index (χ1n) is 19.2. The van der Waals surface area contributed by atoms with Crippen molar-refractivity contribution in [2.45, 2.75) is 0 Å². The molecule has 11 aromatic rings. The Morgan fingerprint density at radius 2 is 0.912 bits per heavy atom. The van der Waals surface area contributed by atoms with E-state index >= 15 is 0 Å². The highest BCUT2D eigenvalue weighted by Gasteiger charge is 2.43. The van der Waals surface area contributed by atoms with Gasteiger partial charge in [0.15, 0.2) is 19.7 Å². The largest absolute Gasteiger partial charge is 0.456 e. The quantitative estimate of drug-likeness (QED) is 0.121. The summed E-state index contributed by atoms with van der Waals surface area (Å²) in [6.45, 7) is 0. The molecule has 0 saturated heterocycles. The summed E-state index contributed by atoms with van der Waals surface area (Å²) in [5, 5.41) is 9.74. The second-order valence-corrected chi connectivity index (χ2v) is 18.1. The zero-order chi connectivity index (χ0) is 37.8. The highest BCUT2D eigenvalue weighted by Crippen LogP contribution is 2.34. The molecule has 0 spiro atoms. The monoisotopic (exact) mass is 746 g/mol. The van der Waals surface area contributed by atoms with E-state index in [4.69, 9.17) is 19.4 Å². The lowest BCUT2D eigenvalue weighted by Gasteiger charge is -2.35. The lowest BCUT2D eigenvalue weighted by Crippen LogP contribution is -2.74. The molecule has 0 N–H and O–H groups in total. The fourth-order valence-corrected chi connectivity index (χ4v) is 13.7. The summed E-state index contributed by atoms with van der Waals surface area (Å²) < 4.78 is 8.76. The van der Waals surface area contributed by atoms with Crippen molar-refractivity contribution in [3.05, 3.63) is 206 Å². The van der Waals surface area contributed by atoms with Crippen LogP contribution in [0.25, 0.3) is 72.5 Å². The molecule has 0 atom stereocenters. The van der Waals surface area contributed by atoms with Crippen LogP contribution in [0.1, 0.15) is 0 Å². The van der Waals surface area contributed by atoms with E-state index in [1.807, 2.05) is 66.7 Å². The minimum absolute atomic E-state index is 0.575. The second kappa shape index (κ2) is 13.4. The summed E-state index contributed by atoms with van der Waals surface area (Å²) in [5.41, 5.74) is 5.72. The van der Waals surface area contributed by atoms with Crippen LogP contribution in [0.5, 0.6) is 0 Å². The van der Waals surface area contributed by atoms with Crippen LogP contribution in [0.15, 0.2) is 211 Å². The number of hydrogen-bond acceptors (Lipinski definition) is 4. The smallest absolute Gasteiger partial charge is 0.238 e. The number of benzene rings is 8. The highest BCUT2D eigenvalue weighted by molar-refractivity contribution is 7.21. The number of nitrogens with zero attached hydrogens (tertiary/aromatic N) is 4. The molecule has 6 heteroatoms. The molecule has 0 aliphatic rings. The number of fused-ring (bicyclic) bond motifs is 6. The van der Waals surface area contributed by atoms with Crippen LogP contribution in [0, 0.1) is 0 Å². The van der Waals surface area contributed by atoms with Crippen LogP contribution in [-0.4, -0.2) is 27.6 Å². The van der Waals surface area contributed by atoms with E-state index in [1.165, 1.54) is 26.1 Å². The van der Waals surface area contributed by atoms with Gasteiger partial charge in [0, 0.05) is 32.7 Å². The van der Waals surface area contributed by atoms with Gasteiger partial charge in [-0.15, -0.1) is 0 Å². The third-order valence-corrected chi connectivity index (χ3v) is 16.0. The van der Waals surface area contributed by atoms with Gasteiger partial charge in [0.1, 0.15) is 11.2 Å². The van der Waals surface area contributed by atoms with E-state index in [0.717, 1.165) is 49.5 Å². The first kappa shape index (κ1) is 33.0. The minimum Gasteiger partial charge on any atom is -0.456 e. The molecule has 3 heterocycles. The van der Waals surface area contributed by atoms with Crippen molar-refractivity contribution in [1.82, 2.24) is 19.5 Å². The molecular formula is C51H34N4OSi. The van der Waals surface area contributed by atoms with E-state index in [1.54, 1.807) is 0 Å². The summed E-state index contributed by atoms with van der Waals surface area (Å²) in [5.74, 6) is 1.83. The number of furan rings is 1. The molecule has 268 valence electrons.